The summed E-state index contributed by atoms with van der Waals surface area (Å²) < 4.78 is 0. The van der Waals surface area contributed by atoms with Crippen molar-refractivity contribution in [2.75, 3.05) is 18.9 Å². The van der Waals surface area contributed by atoms with Gasteiger partial charge in [-0.2, -0.15) is 0 Å². The van der Waals surface area contributed by atoms with E-state index in [0.717, 1.165) is 17.7 Å². The van der Waals surface area contributed by atoms with Crippen LogP contribution in [0, 0.1) is 0 Å². The molecular formula is C20H23N3O2. The van der Waals surface area contributed by atoms with E-state index in [4.69, 9.17) is 0 Å². The largest absolute Gasteiger partial charge is 0.340 e. The molecule has 1 aliphatic rings. The van der Waals surface area contributed by atoms with Gasteiger partial charge in [0.15, 0.2) is 0 Å². The second-order valence-electron chi connectivity index (χ2n) is 6.33. The van der Waals surface area contributed by atoms with Gasteiger partial charge in [0, 0.05) is 25.8 Å². The van der Waals surface area contributed by atoms with Gasteiger partial charge in [0.25, 0.3) is 0 Å². The number of nitrogens with one attached hydrogen (secondary N) is 1. The van der Waals surface area contributed by atoms with Gasteiger partial charge in [0.1, 0.15) is 6.04 Å². The minimum Gasteiger partial charge on any atom is -0.340 e. The maximum Gasteiger partial charge on any atom is 0.322 e. The molecule has 0 radical (unpaired) electrons. The summed E-state index contributed by atoms with van der Waals surface area (Å²) in [6, 6.07) is 18.6. The van der Waals surface area contributed by atoms with Crippen LogP contribution in [0.4, 0.5) is 10.5 Å². The standard InChI is InChI=1S/C20H23N3O2/c1-22(15-16-9-4-2-5-10-16)19(24)18-13-8-14-23(18)20(25)21-17-11-6-3-7-12-17/h2-7,9-12,18H,8,13-15H2,1H3,(H,21,25)/t18-/m0/s1. The Kier molecular flexibility index (Phi) is 5.33. The molecule has 3 rings (SSSR count). The van der Waals surface area contributed by atoms with Crippen LogP contribution >= 0.6 is 0 Å². The first-order valence-electron chi connectivity index (χ1n) is 8.57. The van der Waals surface area contributed by atoms with Crippen LogP contribution in [-0.2, 0) is 11.3 Å². The number of likely N-dealkylation sites (tertiary alicyclic amines) is 1. The number of likely N-dealkylation sites (N-methyl/N-ethyl adjacent to an activating group) is 1. The topological polar surface area (TPSA) is 52.7 Å². The predicted octanol–water partition coefficient (Wildman–Crippen LogP) is 3.34. The van der Waals surface area contributed by atoms with E-state index in [-0.39, 0.29) is 11.9 Å². The highest BCUT2D eigenvalue weighted by atomic mass is 16.2. The Hall–Kier alpha value is -2.82. The van der Waals surface area contributed by atoms with Crippen LogP contribution in [0.5, 0.6) is 0 Å². The normalized spacial score (nSPS) is 16.5. The minimum absolute atomic E-state index is 0.00966. The van der Waals surface area contributed by atoms with E-state index in [0.29, 0.717) is 19.5 Å². The molecule has 0 saturated carbocycles. The van der Waals surface area contributed by atoms with Crippen molar-refractivity contribution in [2.45, 2.75) is 25.4 Å². The van der Waals surface area contributed by atoms with E-state index in [1.165, 1.54) is 0 Å². The molecule has 5 heteroatoms. The highest BCUT2D eigenvalue weighted by molar-refractivity contribution is 5.94. The first kappa shape index (κ1) is 17.0. The number of hydrogen-bond donors (Lipinski definition) is 1. The molecular weight excluding hydrogens is 314 g/mol. The molecule has 5 nitrogen and oxygen atoms in total. The minimum atomic E-state index is -0.391. The number of amides is 3. The summed E-state index contributed by atoms with van der Waals surface area (Å²) in [5.74, 6) is -0.00966. The Morgan fingerprint density at radius 3 is 2.40 bits per heavy atom. The Balaban J connectivity index is 1.64. The summed E-state index contributed by atoms with van der Waals surface area (Å²) in [7, 11) is 1.79. The third kappa shape index (κ3) is 4.18. The van der Waals surface area contributed by atoms with E-state index in [2.05, 4.69) is 5.32 Å². The zero-order chi connectivity index (χ0) is 17.6. The van der Waals surface area contributed by atoms with Gasteiger partial charge < -0.3 is 15.1 Å². The maximum absolute atomic E-state index is 12.8. The lowest BCUT2D eigenvalue weighted by Crippen LogP contribution is -2.47. The third-order valence-electron chi connectivity index (χ3n) is 4.46. The van der Waals surface area contributed by atoms with Crippen molar-refractivity contribution in [3.8, 4) is 0 Å². The van der Waals surface area contributed by atoms with Gasteiger partial charge in [0.05, 0.1) is 0 Å². The van der Waals surface area contributed by atoms with Crippen molar-refractivity contribution in [1.29, 1.82) is 0 Å². The Bertz CT molecular complexity index is 718. The van der Waals surface area contributed by atoms with Crippen LogP contribution in [0.1, 0.15) is 18.4 Å². The monoisotopic (exact) mass is 337 g/mol. The molecule has 25 heavy (non-hydrogen) atoms. The van der Waals surface area contributed by atoms with Crippen LogP contribution in [-0.4, -0.2) is 41.4 Å². The van der Waals surface area contributed by atoms with E-state index >= 15 is 0 Å². The predicted molar refractivity (Wildman–Crippen MR) is 98.1 cm³/mol. The van der Waals surface area contributed by atoms with E-state index in [1.807, 2.05) is 60.7 Å². The van der Waals surface area contributed by atoms with E-state index in [1.54, 1.807) is 16.8 Å². The van der Waals surface area contributed by atoms with Crippen molar-refractivity contribution in [3.05, 3.63) is 66.2 Å². The number of nitrogens with zero attached hydrogens (tertiary/aromatic N) is 2. The number of para-hydroxylation sites is 1. The molecule has 0 aromatic heterocycles. The molecule has 130 valence electrons. The fraction of sp³-hybridized carbons (Fsp3) is 0.300. The summed E-state index contributed by atoms with van der Waals surface area (Å²) in [6.45, 7) is 1.15. The second kappa shape index (κ2) is 7.83. The molecule has 2 aromatic rings. The quantitative estimate of drug-likeness (QED) is 0.930. The number of carbonyl (C=O) groups is 2. The van der Waals surface area contributed by atoms with Crippen molar-refractivity contribution in [2.24, 2.45) is 0 Å². The lowest BCUT2D eigenvalue weighted by Gasteiger charge is -2.28. The molecule has 0 spiro atoms. The van der Waals surface area contributed by atoms with Gasteiger partial charge in [0.2, 0.25) is 5.91 Å². The molecule has 3 amide bonds. The third-order valence-corrected chi connectivity index (χ3v) is 4.46. The smallest absolute Gasteiger partial charge is 0.322 e. The lowest BCUT2D eigenvalue weighted by atomic mass is 10.1. The molecule has 1 heterocycles. The fourth-order valence-electron chi connectivity index (χ4n) is 3.17. The number of urea groups is 1. The van der Waals surface area contributed by atoms with Crippen molar-refractivity contribution >= 4 is 17.6 Å². The Morgan fingerprint density at radius 1 is 1.08 bits per heavy atom. The summed E-state index contributed by atoms with van der Waals surface area (Å²) in [5.41, 5.74) is 1.82. The Morgan fingerprint density at radius 2 is 1.72 bits per heavy atom. The van der Waals surface area contributed by atoms with E-state index < -0.39 is 6.04 Å². The van der Waals surface area contributed by atoms with Crippen LogP contribution in [0.25, 0.3) is 0 Å². The summed E-state index contributed by atoms with van der Waals surface area (Å²) in [5, 5.41) is 2.87. The van der Waals surface area contributed by atoms with Crippen LogP contribution in [0.3, 0.4) is 0 Å². The van der Waals surface area contributed by atoms with Crippen molar-refractivity contribution in [1.82, 2.24) is 9.80 Å². The number of anilines is 1. The van der Waals surface area contributed by atoms with Gasteiger partial charge in [-0.1, -0.05) is 48.5 Å². The summed E-state index contributed by atoms with van der Waals surface area (Å²) in [6.07, 6.45) is 1.55. The molecule has 0 aliphatic carbocycles. The number of benzene rings is 2. The summed E-state index contributed by atoms with van der Waals surface area (Å²) >= 11 is 0. The number of carbonyl (C=O) groups excluding carboxylic acids is 2. The zero-order valence-electron chi connectivity index (χ0n) is 14.4. The van der Waals surface area contributed by atoms with E-state index in [9.17, 15) is 9.59 Å². The Labute approximate surface area is 148 Å². The molecule has 1 N–H and O–H groups in total. The molecule has 1 atom stereocenters. The first-order valence-corrected chi connectivity index (χ1v) is 8.57. The average Bonchev–Trinajstić information content (AvgIpc) is 3.12. The molecule has 0 unspecified atom stereocenters. The lowest BCUT2D eigenvalue weighted by molar-refractivity contribution is -0.134. The highest BCUT2D eigenvalue weighted by Gasteiger charge is 2.35. The molecule has 1 saturated heterocycles. The van der Waals surface area contributed by atoms with Crippen LogP contribution < -0.4 is 5.32 Å². The molecule has 2 aromatic carbocycles. The van der Waals surface area contributed by atoms with Gasteiger partial charge >= 0.3 is 6.03 Å². The fourth-order valence-corrected chi connectivity index (χ4v) is 3.17. The maximum atomic E-state index is 12.8. The molecule has 1 aliphatic heterocycles. The highest BCUT2D eigenvalue weighted by Crippen LogP contribution is 2.21. The first-order chi connectivity index (χ1) is 12.1. The van der Waals surface area contributed by atoms with Crippen LogP contribution in [0.2, 0.25) is 0 Å². The number of rotatable bonds is 4. The van der Waals surface area contributed by atoms with Gasteiger partial charge in [-0.15, -0.1) is 0 Å². The van der Waals surface area contributed by atoms with Gasteiger partial charge in [-0.25, -0.2) is 4.79 Å². The van der Waals surface area contributed by atoms with Crippen molar-refractivity contribution < 1.29 is 9.59 Å². The zero-order valence-corrected chi connectivity index (χ0v) is 14.4. The molecule has 1 fully saturated rings. The average molecular weight is 337 g/mol. The van der Waals surface area contributed by atoms with Gasteiger partial charge in [-0.3, -0.25) is 4.79 Å². The number of hydrogen-bond acceptors (Lipinski definition) is 2. The van der Waals surface area contributed by atoms with Crippen molar-refractivity contribution in [3.63, 3.8) is 0 Å². The summed E-state index contributed by atoms with van der Waals surface area (Å²) in [4.78, 5) is 28.7. The van der Waals surface area contributed by atoms with Gasteiger partial charge in [-0.05, 0) is 30.5 Å². The SMILES string of the molecule is CN(Cc1ccccc1)C(=O)[C@@H]1CCCN1C(=O)Nc1ccccc1. The molecule has 0 bridgehead atoms. The van der Waals surface area contributed by atoms with Crippen LogP contribution in [0.15, 0.2) is 60.7 Å². The second-order valence-corrected chi connectivity index (χ2v) is 6.33.